The number of imidazole rings is 1. The van der Waals surface area contributed by atoms with E-state index in [0.29, 0.717) is 5.92 Å². The number of nitrogens with one attached hydrogen (secondary N) is 2. The number of amides is 1. The molecule has 0 radical (unpaired) electrons. The molecule has 1 amide bonds. The fourth-order valence-electron chi connectivity index (χ4n) is 4.86. The molecule has 1 aromatic carbocycles. The van der Waals surface area contributed by atoms with Crippen LogP contribution in [0.3, 0.4) is 0 Å². The van der Waals surface area contributed by atoms with Gasteiger partial charge in [0.05, 0.1) is 28.5 Å². The number of benzene rings is 1. The molecule has 2 aliphatic rings. The number of aromatic amines is 1. The van der Waals surface area contributed by atoms with Crippen molar-refractivity contribution in [2.45, 2.75) is 64.0 Å². The molecule has 6 nitrogen and oxygen atoms in total. The van der Waals surface area contributed by atoms with Crippen molar-refractivity contribution < 1.29 is 4.79 Å². The third kappa shape index (κ3) is 3.43. The van der Waals surface area contributed by atoms with E-state index in [4.69, 9.17) is 4.98 Å². The summed E-state index contributed by atoms with van der Waals surface area (Å²) in [6, 6.07) is 8.42. The topological polar surface area (TPSA) is 75.6 Å². The second kappa shape index (κ2) is 7.41. The Morgan fingerprint density at radius 3 is 3.07 bits per heavy atom. The highest BCUT2D eigenvalue weighted by Crippen LogP contribution is 2.28. The van der Waals surface area contributed by atoms with Gasteiger partial charge in [-0.05, 0) is 56.6 Å². The molecule has 3 aromatic rings. The molecule has 1 fully saturated rings. The molecular weight excluding hydrogens is 350 g/mol. The zero-order chi connectivity index (χ0) is 18.9. The van der Waals surface area contributed by atoms with Gasteiger partial charge >= 0.3 is 0 Å². The lowest BCUT2D eigenvalue weighted by Crippen LogP contribution is -2.39. The molecule has 1 aliphatic heterocycles. The van der Waals surface area contributed by atoms with Crippen LogP contribution in [0.1, 0.15) is 60.4 Å². The van der Waals surface area contributed by atoms with E-state index in [0.717, 1.165) is 79.6 Å². The van der Waals surface area contributed by atoms with Crippen molar-refractivity contribution in [3.8, 4) is 0 Å². The summed E-state index contributed by atoms with van der Waals surface area (Å²) in [5.41, 5.74) is 4.02. The largest absolute Gasteiger partial charge is 0.349 e. The summed E-state index contributed by atoms with van der Waals surface area (Å²) < 4.78 is 2.00. The zero-order valence-corrected chi connectivity index (χ0v) is 16.2. The van der Waals surface area contributed by atoms with Crippen LogP contribution < -0.4 is 5.32 Å². The molecule has 3 heterocycles. The lowest BCUT2D eigenvalue weighted by atomic mass is 9.83. The first-order chi connectivity index (χ1) is 13.8. The first-order valence-corrected chi connectivity index (χ1v) is 10.6. The summed E-state index contributed by atoms with van der Waals surface area (Å²) in [5, 5.41) is 7.70. The summed E-state index contributed by atoms with van der Waals surface area (Å²) >= 11 is 0. The molecule has 2 N–H and O–H groups in total. The Bertz CT molecular complexity index is 955. The Kier molecular flexibility index (Phi) is 4.63. The number of para-hydroxylation sites is 2. The van der Waals surface area contributed by atoms with Crippen molar-refractivity contribution in [2.75, 3.05) is 0 Å². The van der Waals surface area contributed by atoms with Gasteiger partial charge in [0, 0.05) is 19.0 Å². The summed E-state index contributed by atoms with van der Waals surface area (Å²) in [7, 11) is 0. The molecule has 0 saturated heterocycles. The average molecular weight is 377 g/mol. The lowest BCUT2D eigenvalue weighted by molar-refractivity contribution is 0.0918. The Hall–Kier alpha value is -2.63. The number of rotatable bonds is 4. The Morgan fingerprint density at radius 2 is 2.14 bits per heavy atom. The van der Waals surface area contributed by atoms with Crippen LogP contribution in [0.4, 0.5) is 0 Å². The number of aromatic nitrogens is 4. The van der Waals surface area contributed by atoms with Crippen LogP contribution in [0.25, 0.3) is 11.0 Å². The van der Waals surface area contributed by atoms with Crippen molar-refractivity contribution in [1.29, 1.82) is 0 Å². The molecule has 0 spiro atoms. The van der Waals surface area contributed by atoms with Gasteiger partial charge in [-0.25, -0.2) is 4.98 Å². The first-order valence-electron chi connectivity index (χ1n) is 10.6. The number of fused-ring (bicyclic) bond motifs is 2. The van der Waals surface area contributed by atoms with E-state index in [9.17, 15) is 4.79 Å². The Balaban J connectivity index is 1.23. The smallest absolute Gasteiger partial charge is 0.254 e. The number of hydrogen-bond acceptors (Lipinski definition) is 3. The second-order valence-electron chi connectivity index (χ2n) is 8.29. The zero-order valence-electron chi connectivity index (χ0n) is 16.2. The van der Waals surface area contributed by atoms with Crippen LogP contribution in [0.5, 0.6) is 0 Å². The van der Waals surface area contributed by atoms with Gasteiger partial charge in [-0.15, -0.1) is 0 Å². The molecule has 5 rings (SSSR count). The fraction of sp³-hybridized carbons (Fsp3) is 0.500. The molecular formula is C22H27N5O. The summed E-state index contributed by atoms with van der Waals surface area (Å²) in [6.45, 7) is 0.936. The summed E-state index contributed by atoms with van der Waals surface area (Å²) in [5.74, 6) is 1.67. The van der Waals surface area contributed by atoms with E-state index in [-0.39, 0.29) is 11.9 Å². The maximum atomic E-state index is 12.8. The Labute approximate surface area is 164 Å². The van der Waals surface area contributed by atoms with Gasteiger partial charge in [-0.2, -0.15) is 5.10 Å². The van der Waals surface area contributed by atoms with Gasteiger partial charge in [0.15, 0.2) is 0 Å². The number of aryl methyl sites for hydroxylation is 1. The molecule has 28 heavy (non-hydrogen) atoms. The number of H-pyrrole nitrogens is 1. The second-order valence-corrected chi connectivity index (χ2v) is 8.29. The van der Waals surface area contributed by atoms with Crippen molar-refractivity contribution in [1.82, 2.24) is 25.1 Å². The average Bonchev–Trinajstić information content (AvgIpc) is 3.31. The molecule has 0 bridgehead atoms. The van der Waals surface area contributed by atoms with Crippen LogP contribution >= 0.6 is 0 Å². The van der Waals surface area contributed by atoms with Gasteiger partial charge in [0.1, 0.15) is 5.82 Å². The summed E-state index contributed by atoms with van der Waals surface area (Å²) in [4.78, 5) is 21.0. The predicted octanol–water partition coefficient (Wildman–Crippen LogP) is 3.63. The van der Waals surface area contributed by atoms with E-state index in [1.807, 2.05) is 22.9 Å². The van der Waals surface area contributed by atoms with Crippen molar-refractivity contribution in [3.63, 3.8) is 0 Å². The Morgan fingerprint density at radius 1 is 1.21 bits per heavy atom. The quantitative estimate of drug-likeness (QED) is 0.729. The normalized spacial score (nSPS) is 22.1. The van der Waals surface area contributed by atoms with Gasteiger partial charge in [-0.3, -0.25) is 9.48 Å². The molecule has 2 aromatic heterocycles. The number of hydrogen-bond donors (Lipinski definition) is 2. The van der Waals surface area contributed by atoms with Gasteiger partial charge < -0.3 is 10.3 Å². The van der Waals surface area contributed by atoms with E-state index in [2.05, 4.69) is 21.5 Å². The third-order valence-corrected chi connectivity index (χ3v) is 6.27. The molecule has 1 saturated carbocycles. The first kappa shape index (κ1) is 17.5. The van der Waals surface area contributed by atoms with E-state index in [1.54, 1.807) is 6.20 Å². The van der Waals surface area contributed by atoms with Crippen LogP contribution in [0.15, 0.2) is 30.5 Å². The van der Waals surface area contributed by atoms with Crippen molar-refractivity contribution >= 4 is 16.9 Å². The minimum atomic E-state index is 0.0533. The maximum absolute atomic E-state index is 12.8. The predicted molar refractivity (Wildman–Crippen MR) is 108 cm³/mol. The standard InChI is InChI=1S/C22H27N5O/c28-22(17-14-23-27-11-4-3-10-20(17)27)24-16-7-5-6-15(12-16)13-21-25-18-8-1-2-9-19(18)26-21/h1-2,8-9,14-16H,3-7,10-13H2,(H,24,28)(H,25,26)/t15-,16?/m0/s1. The minimum Gasteiger partial charge on any atom is -0.349 e. The molecule has 1 unspecified atom stereocenters. The molecule has 1 aliphatic carbocycles. The highest BCUT2D eigenvalue weighted by Gasteiger charge is 2.26. The highest BCUT2D eigenvalue weighted by molar-refractivity contribution is 5.95. The van der Waals surface area contributed by atoms with E-state index >= 15 is 0 Å². The number of carbonyl (C=O) groups excluding carboxylic acids is 1. The van der Waals surface area contributed by atoms with Gasteiger partial charge in [-0.1, -0.05) is 18.6 Å². The molecule has 146 valence electrons. The van der Waals surface area contributed by atoms with Crippen molar-refractivity contribution in [3.05, 3.63) is 47.5 Å². The molecule has 2 atom stereocenters. The highest BCUT2D eigenvalue weighted by atomic mass is 16.1. The SMILES string of the molecule is O=C(NC1CCC[C@H](Cc2nc3ccccc3[nH]2)C1)c1cnn2c1CCCC2. The van der Waals surface area contributed by atoms with Crippen LogP contribution in [-0.4, -0.2) is 31.7 Å². The lowest BCUT2D eigenvalue weighted by Gasteiger charge is -2.29. The monoisotopic (exact) mass is 377 g/mol. The van der Waals surface area contributed by atoms with E-state index < -0.39 is 0 Å². The number of carbonyl (C=O) groups is 1. The van der Waals surface area contributed by atoms with Crippen molar-refractivity contribution in [2.24, 2.45) is 5.92 Å². The van der Waals surface area contributed by atoms with E-state index in [1.165, 1.54) is 6.42 Å². The molecule has 6 heteroatoms. The van der Waals surface area contributed by atoms with Crippen LogP contribution in [0.2, 0.25) is 0 Å². The number of nitrogens with zero attached hydrogens (tertiary/aromatic N) is 3. The maximum Gasteiger partial charge on any atom is 0.254 e. The minimum absolute atomic E-state index is 0.0533. The fourth-order valence-corrected chi connectivity index (χ4v) is 4.86. The third-order valence-electron chi connectivity index (χ3n) is 6.27. The van der Waals surface area contributed by atoms with Gasteiger partial charge in [0.25, 0.3) is 5.91 Å². The van der Waals surface area contributed by atoms with Crippen LogP contribution in [0, 0.1) is 5.92 Å². The van der Waals surface area contributed by atoms with Crippen LogP contribution in [-0.2, 0) is 19.4 Å². The summed E-state index contributed by atoms with van der Waals surface area (Å²) in [6.07, 6.45) is 10.4. The van der Waals surface area contributed by atoms with Gasteiger partial charge in [0.2, 0.25) is 0 Å².